The van der Waals surface area contributed by atoms with Gasteiger partial charge < -0.3 is 5.73 Å². The molecule has 0 radical (unpaired) electrons. The Morgan fingerprint density at radius 2 is 1.95 bits per heavy atom. The summed E-state index contributed by atoms with van der Waals surface area (Å²) in [5.74, 6) is -0.261. The molecule has 0 aliphatic heterocycles. The largest absolute Gasteiger partial charge is 0.327 e. The third-order valence-corrected chi connectivity index (χ3v) is 5.47. The van der Waals surface area contributed by atoms with Crippen LogP contribution in [0.4, 0.5) is 4.39 Å². The Labute approximate surface area is 120 Å². The zero-order valence-corrected chi connectivity index (χ0v) is 13.2. The predicted molar refractivity (Wildman–Crippen MR) is 78.4 cm³/mol. The lowest BCUT2D eigenvalue weighted by atomic mass is 10.0. The van der Waals surface area contributed by atoms with Crippen LogP contribution in [-0.2, 0) is 10.0 Å². The molecule has 0 spiro atoms. The SMILES string of the molecule is Cc1ccc(F)cc1S(=O)(=O)N(C)CCC(N)C(C)C. The van der Waals surface area contributed by atoms with Crippen LogP contribution >= 0.6 is 0 Å². The van der Waals surface area contributed by atoms with E-state index >= 15 is 0 Å². The second-order valence-electron chi connectivity index (χ2n) is 5.43. The molecule has 0 bridgehead atoms. The van der Waals surface area contributed by atoms with Crippen molar-refractivity contribution in [1.29, 1.82) is 0 Å². The first-order chi connectivity index (χ1) is 9.16. The third-order valence-electron chi connectivity index (χ3n) is 3.47. The van der Waals surface area contributed by atoms with Gasteiger partial charge in [0.25, 0.3) is 0 Å². The summed E-state index contributed by atoms with van der Waals surface area (Å²) in [6.07, 6.45) is 0.571. The maximum Gasteiger partial charge on any atom is 0.243 e. The van der Waals surface area contributed by atoms with Gasteiger partial charge >= 0.3 is 0 Å². The minimum atomic E-state index is -3.68. The van der Waals surface area contributed by atoms with Crippen molar-refractivity contribution in [2.45, 2.75) is 38.1 Å². The number of hydrogen-bond donors (Lipinski definition) is 1. The molecule has 0 aromatic heterocycles. The first-order valence-electron chi connectivity index (χ1n) is 6.64. The maximum absolute atomic E-state index is 13.3. The highest BCUT2D eigenvalue weighted by molar-refractivity contribution is 7.89. The number of halogens is 1. The van der Waals surface area contributed by atoms with Gasteiger partial charge in [0.2, 0.25) is 10.0 Å². The number of nitrogens with zero attached hydrogens (tertiary/aromatic N) is 1. The summed E-state index contributed by atoms with van der Waals surface area (Å²) in [6, 6.07) is 3.73. The van der Waals surface area contributed by atoms with Crippen LogP contribution in [0.2, 0.25) is 0 Å². The number of rotatable bonds is 6. The van der Waals surface area contributed by atoms with Crippen molar-refractivity contribution in [2.75, 3.05) is 13.6 Å². The van der Waals surface area contributed by atoms with Crippen molar-refractivity contribution < 1.29 is 12.8 Å². The zero-order chi connectivity index (χ0) is 15.5. The number of benzene rings is 1. The lowest BCUT2D eigenvalue weighted by Gasteiger charge is -2.22. The maximum atomic E-state index is 13.3. The molecule has 0 saturated heterocycles. The normalized spacial score (nSPS) is 14.0. The first kappa shape index (κ1) is 17.1. The van der Waals surface area contributed by atoms with Gasteiger partial charge in [-0.25, -0.2) is 17.1 Å². The highest BCUT2D eigenvalue weighted by atomic mass is 32.2. The lowest BCUT2D eigenvalue weighted by Crippen LogP contribution is -2.35. The summed E-state index contributed by atoms with van der Waals surface area (Å²) >= 11 is 0. The fourth-order valence-corrected chi connectivity index (χ4v) is 3.22. The van der Waals surface area contributed by atoms with Crippen LogP contribution < -0.4 is 5.73 Å². The molecule has 0 amide bonds. The van der Waals surface area contributed by atoms with Crippen LogP contribution in [0.1, 0.15) is 25.8 Å². The quantitative estimate of drug-likeness (QED) is 0.875. The summed E-state index contributed by atoms with van der Waals surface area (Å²) < 4.78 is 39.3. The predicted octanol–water partition coefficient (Wildman–Crippen LogP) is 2.13. The van der Waals surface area contributed by atoms with Crippen LogP contribution in [0.3, 0.4) is 0 Å². The molecule has 20 heavy (non-hydrogen) atoms. The Balaban J connectivity index is 2.90. The Hall–Kier alpha value is -0.980. The van der Waals surface area contributed by atoms with Crippen LogP contribution in [0.15, 0.2) is 23.1 Å². The van der Waals surface area contributed by atoms with Crippen LogP contribution in [-0.4, -0.2) is 32.4 Å². The average molecular weight is 302 g/mol. The molecule has 6 heteroatoms. The second-order valence-corrected chi connectivity index (χ2v) is 7.45. The Kier molecular flexibility index (Phi) is 5.68. The summed E-state index contributed by atoms with van der Waals surface area (Å²) in [7, 11) is -2.18. The van der Waals surface area contributed by atoms with Crippen molar-refractivity contribution in [3.05, 3.63) is 29.6 Å². The molecule has 0 fully saturated rings. The van der Waals surface area contributed by atoms with E-state index in [1.165, 1.54) is 23.5 Å². The molecule has 4 nitrogen and oxygen atoms in total. The van der Waals surface area contributed by atoms with Gasteiger partial charge in [-0.1, -0.05) is 19.9 Å². The minimum Gasteiger partial charge on any atom is -0.327 e. The van der Waals surface area contributed by atoms with Gasteiger partial charge in [0.1, 0.15) is 5.82 Å². The summed E-state index contributed by atoms with van der Waals surface area (Å²) in [5, 5.41) is 0. The fraction of sp³-hybridized carbons (Fsp3) is 0.571. The van der Waals surface area contributed by atoms with Crippen LogP contribution in [0.25, 0.3) is 0 Å². The molecule has 0 saturated carbocycles. The molecule has 0 aliphatic carbocycles. The zero-order valence-electron chi connectivity index (χ0n) is 12.4. The Bertz CT molecular complexity index is 558. The Morgan fingerprint density at radius 3 is 2.50 bits per heavy atom. The van der Waals surface area contributed by atoms with Gasteiger partial charge in [0, 0.05) is 19.6 Å². The van der Waals surface area contributed by atoms with Crippen LogP contribution in [0, 0.1) is 18.7 Å². The highest BCUT2D eigenvalue weighted by Crippen LogP contribution is 2.20. The lowest BCUT2D eigenvalue weighted by molar-refractivity contribution is 0.397. The fourth-order valence-electron chi connectivity index (χ4n) is 1.80. The smallest absolute Gasteiger partial charge is 0.243 e. The topological polar surface area (TPSA) is 63.4 Å². The Morgan fingerprint density at radius 1 is 1.35 bits per heavy atom. The summed E-state index contributed by atoms with van der Waals surface area (Å²) in [6.45, 7) is 5.96. The molecule has 0 heterocycles. The molecular weight excluding hydrogens is 279 g/mol. The van der Waals surface area contributed by atoms with Crippen molar-refractivity contribution in [3.63, 3.8) is 0 Å². The van der Waals surface area contributed by atoms with Crippen molar-refractivity contribution in [1.82, 2.24) is 4.31 Å². The van der Waals surface area contributed by atoms with Crippen LogP contribution in [0.5, 0.6) is 0 Å². The summed E-state index contributed by atoms with van der Waals surface area (Å²) in [4.78, 5) is 0.0121. The van der Waals surface area contributed by atoms with E-state index in [1.54, 1.807) is 6.92 Å². The third kappa shape index (κ3) is 4.01. The average Bonchev–Trinajstić information content (AvgIpc) is 2.37. The number of hydrogen-bond acceptors (Lipinski definition) is 3. The summed E-state index contributed by atoms with van der Waals surface area (Å²) in [5.41, 5.74) is 6.45. The van der Waals surface area contributed by atoms with E-state index in [-0.39, 0.29) is 10.9 Å². The molecule has 1 atom stereocenters. The highest BCUT2D eigenvalue weighted by Gasteiger charge is 2.23. The van der Waals surface area contributed by atoms with Crippen molar-refractivity contribution >= 4 is 10.0 Å². The number of aryl methyl sites for hydroxylation is 1. The molecule has 114 valence electrons. The number of sulfonamides is 1. The van der Waals surface area contributed by atoms with Gasteiger partial charge in [-0.05, 0) is 37.0 Å². The molecule has 0 aliphatic rings. The first-order valence-corrected chi connectivity index (χ1v) is 8.08. The van der Waals surface area contributed by atoms with E-state index in [0.717, 1.165) is 6.07 Å². The van der Waals surface area contributed by atoms with Gasteiger partial charge in [-0.2, -0.15) is 0 Å². The van der Waals surface area contributed by atoms with Gasteiger partial charge in [0.15, 0.2) is 0 Å². The van der Waals surface area contributed by atoms with E-state index < -0.39 is 15.8 Å². The van der Waals surface area contributed by atoms with E-state index in [0.29, 0.717) is 24.4 Å². The van der Waals surface area contributed by atoms with E-state index in [2.05, 4.69) is 0 Å². The molecule has 2 N–H and O–H groups in total. The van der Waals surface area contributed by atoms with E-state index in [9.17, 15) is 12.8 Å². The van der Waals surface area contributed by atoms with Gasteiger partial charge in [-0.15, -0.1) is 0 Å². The monoisotopic (exact) mass is 302 g/mol. The van der Waals surface area contributed by atoms with E-state index in [4.69, 9.17) is 5.73 Å². The molecule has 1 rings (SSSR count). The van der Waals surface area contributed by atoms with Gasteiger partial charge in [-0.3, -0.25) is 0 Å². The van der Waals surface area contributed by atoms with Gasteiger partial charge in [0.05, 0.1) is 4.90 Å². The van der Waals surface area contributed by atoms with E-state index in [1.807, 2.05) is 13.8 Å². The minimum absolute atomic E-state index is 0.0121. The van der Waals surface area contributed by atoms with Crippen molar-refractivity contribution in [3.8, 4) is 0 Å². The standard InChI is InChI=1S/C14H23FN2O2S/c1-10(2)13(16)7-8-17(4)20(18,19)14-9-12(15)6-5-11(14)3/h5-6,9-10,13H,7-8,16H2,1-4H3. The van der Waals surface area contributed by atoms with Crippen molar-refractivity contribution in [2.24, 2.45) is 11.7 Å². The molecule has 1 aromatic rings. The second kappa shape index (κ2) is 6.65. The molecule has 1 aromatic carbocycles. The number of nitrogens with two attached hydrogens (primary N) is 1. The molecule has 1 unspecified atom stereocenters. The molecular formula is C14H23FN2O2S.